The van der Waals surface area contributed by atoms with Crippen LogP contribution in [0.5, 0.6) is 0 Å². The molecule has 15 heteroatoms. The van der Waals surface area contributed by atoms with Gasteiger partial charge in [0.15, 0.2) is 0 Å². The third-order valence-electron chi connectivity index (χ3n) is 8.03. The van der Waals surface area contributed by atoms with E-state index < -0.39 is 65.3 Å². The first-order chi connectivity index (χ1) is 18.5. The van der Waals surface area contributed by atoms with Crippen molar-refractivity contribution in [1.29, 1.82) is 0 Å². The highest BCUT2D eigenvalue weighted by molar-refractivity contribution is 5.94. The van der Waals surface area contributed by atoms with Gasteiger partial charge in [-0.3, -0.25) is 9.59 Å². The van der Waals surface area contributed by atoms with Crippen LogP contribution in [-0.2, 0) is 21.9 Å². The summed E-state index contributed by atoms with van der Waals surface area (Å²) >= 11 is 0. The van der Waals surface area contributed by atoms with Crippen LogP contribution in [0.15, 0.2) is 18.2 Å². The van der Waals surface area contributed by atoms with E-state index in [-0.39, 0.29) is 50.1 Å². The summed E-state index contributed by atoms with van der Waals surface area (Å²) in [5, 5.41) is 22.8. The first kappa shape index (κ1) is 29.9. The van der Waals surface area contributed by atoms with Crippen molar-refractivity contribution in [3.05, 3.63) is 29.3 Å². The molecule has 0 bridgehead atoms. The number of piperazine rings is 1. The minimum Gasteiger partial charge on any atom is -0.391 e. The van der Waals surface area contributed by atoms with E-state index in [2.05, 4.69) is 5.32 Å². The van der Waals surface area contributed by atoms with Crippen molar-refractivity contribution in [1.82, 2.24) is 14.7 Å². The third kappa shape index (κ3) is 6.14. The van der Waals surface area contributed by atoms with E-state index in [4.69, 9.17) is 0 Å². The Hall–Kier alpha value is -3.07. The lowest BCUT2D eigenvalue weighted by atomic mass is 9.90. The molecule has 9 nitrogen and oxygen atoms in total. The van der Waals surface area contributed by atoms with Gasteiger partial charge in [-0.2, -0.15) is 26.3 Å². The number of hydrogen-bond donors (Lipinski definition) is 3. The normalized spacial score (nSPS) is 23.8. The SMILES string of the molecule is C[C@H]1C(=O)N(CC[C@H](O)C(=O)N2CCC3(CC3)[C@H](O)C2)CCN1C(=O)Nc1ccc(C(F)(F)F)c(C(F)(F)F)c1. The zero-order valence-corrected chi connectivity index (χ0v) is 21.6. The molecule has 1 aliphatic carbocycles. The highest BCUT2D eigenvalue weighted by Gasteiger charge is 2.52. The molecule has 1 aromatic carbocycles. The number of alkyl halides is 6. The van der Waals surface area contributed by atoms with E-state index in [0.29, 0.717) is 19.0 Å². The van der Waals surface area contributed by atoms with Crippen LogP contribution in [0.4, 0.5) is 36.8 Å². The summed E-state index contributed by atoms with van der Waals surface area (Å²) in [4.78, 5) is 42.0. The van der Waals surface area contributed by atoms with Crippen molar-refractivity contribution >= 4 is 23.5 Å². The average molecular weight is 581 g/mol. The van der Waals surface area contributed by atoms with Crippen molar-refractivity contribution in [3.63, 3.8) is 0 Å². The fourth-order valence-electron chi connectivity index (χ4n) is 5.30. The molecule has 1 aromatic rings. The highest BCUT2D eigenvalue weighted by atomic mass is 19.4. The summed E-state index contributed by atoms with van der Waals surface area (Å²) in [5.41, 5.74) is -4.47. The van der Waals surface area contributed by atoms with E-state index in [1.54, 1.807) is 0 Å². The number of rotatable bonds is 5. The summed E-state index contributed by atoms with van der Waals surface area (Å²) in [6, 6.07) is -0.923. The van der Waals surface area contributed by atoms with Gasteiger partial charge in [0, 0.05) is 38.4 Å². The zero-order chi connectivity index (χ0) is 29.6. The lowest BCUT2D eigenvalue weighted by Gasteiger charge is -2.40. The van der Waals surface area contributed by atoms with Crippen LogP contribution in [0.2, 0.25) is 0 Å². The molecule has 3 aliphatic rings. The molecule has 0 radical (unpaired) electrons. The number of urea groups is 1. The minimum atomic E-state index is -5.32. The van der Waals surface area contributed by atoms with E-state index in [0.717, 1.165) is 17.7 Å². The van der Waals surface area contributed by atoms with Crippen molar-refractivity contribution in [2.24, 2.45) is 5.41 Å². The number of β-amino-alcohol motifs (C(OH)–C–C–N with tert-alkyl or cyclic N) is 1. The number of amides is 4. The first-order valence-electron chi connectivity index (χ1n) is 12.8. The summed E-state index contributed by atoms with van der Waals surface area (Å²) < 4.78 is 78.7. The molecule has 1 saturated carbocycles. The van der Waals surface area contributed by atoms with Gasteiger partial charge in [0.2, 0.25) is 5.91 Å². The molecular formula is C25H30F6N4O5. The molecule has 2 heterocycles. The number of aliphatic hydroxyl groups is 2. The highest BCUT2D eigenvalue weighted by Crippen LogP contribution is 2.53. The average Bonchev–Trinajstić information content (AvgIpc) is 3.65. The number of likely N-dealkylation sites (tertiary alicyclic amines) is 1. The Labute approximate surface area is 225 Å². The zero-order valence-electron chi connectivity index (χ0n) is 21.6. The molecule has 3 fully saturated rings. The molecule has 40 heavy (non-hydrogen) atoms. The maximum Gasteiger partial charge on any atom is 0.417 e. The van der Waals surface area contributed by atoms with Gasteiger partial charge in [0.1, 0.15) is 12.1 Å². The predicted molar refractivity (Wildman–Crippen MR) is 128 cm³/mol. The second-order valence-electron chi connectivity index (χ2n) is 10.6. The fourth-order valence-corrected chi connectivity index (χ4v) is 5.30. The number of hydrogen-bond acceptors (Lipinski definition) is 5. The first-order valence-corrected chi connectivity index (χ1v) is 12.8. The van der Waals surface area contributed by atoms with Crippen LogP contribution >= 0.6 is 0 Å². The fraction of sp³-hybridized carbons (Fsp3) is 0.640. The van der Waals surface area contributed by atoms with Gasteiger partial charge >= 0.3 is 18.4 Å². The van der Waals surface area contributed by atoms with Crippen LogP contribution < -0.4 is 5.32 Å². The predicted octanol–water partition coefficient (Wildman–Crippen LogP) is 2.91. The lowest BCUT2D eigenvalue weighted by molar-refractivity contribution is -0.162. The number of carbonyl (C=O) groups excluding carboxylic acids is 3. The van der Waals surface area contributed by atoms with Crippen LogP contribution in [0.1, 0.15) is 43.7 Å². The summed E-state index contributed by atoms with van der Waals surface area (Å²) in [6.07, 6.45) is -10.2. The van der Waals surface area contributed by atoms with Crippen LogP contribution in [0, 0.1) is 5.41 Å². The summed E-state index contributed by atoms with van der Waals surface area (Å²) in [5.74, 6) is -1.07. The lowest BCUT2D eigenvalue weighted by Crippen LogP contribution is -2.59. The van der Waals surface area contributed by atoms with E-state index in [1.807, 2.05) is 0 Å². The Morgan fingerprint density at radius 2 is 1.70 bits per heavy atom. The standard InChI is InChI=1S/C25H30F6N4O5/c1-14-20(38)33(8-4-18(36)21(39)34-9-7-23(5-6-23)19(37)13-34)10-11-35(14)22(40)32-15-2-3-16(24(26,27)28)17(12-15)25(29,30)31/h2-3,12,14,18-19,36-37H,4-11,13H2,1H3,(H,32,40)/t14-,18-,19+/m0/s1. The topological polar surface area (TPSA) is 113 Å². The molecule has 4 rings (SSSR count). The van der Waals surface area contributed by atoms with Crippen molar-refractivity contribution in [3.8, 4) is 0 Å². The second kappa shape index (κ2) is 10.7. The number of piperidine rings is 1. The molecule has 0 aromatic heterocycles. The molecule has 2 saturated heterocycles. The quantitative estimate of drug-likeness (QED) is 0.464. The minimum absolute atomic E-state index is 0.000281. The Balaban J connectivity index is 1.31. The Morgan fingerprint density at radius 3 is 2.27 bits per heavy atom. The third-order valence-corrected chi connectivity index (χ3v) is 8.03. The maximum absolute atomic E-state index is 13.2. The van der Waals surface area contributed by atoms with E-state index in [9.17, 15) is 50.9 Å². The summed E-state index contributed by atoms with van der Waals surface area (Å²) in [7, 11) is 0. The molecule has 3 N–H and O–H groups in total. The molecule has 2 aliphatic heterocycles. The Kier molecular flexibility index (Phi) is 8.02. The molecule has 1 spiro atoms. The number of aliphatic hydroxyl groups excluding tert-OH is 2. The van der Waals surface area contributed by atoms with E-state index >= 15 is 0 Å². The van der Waals surface area contributed by atoms with Gasteiger partial charge in [-0.15, -0.1) is 0 Å². The van der Waals surface area contributed by atoms with Gasteiger partial charge in [-0.05, 0) is 56.2 Å². The maximum atomic E-state index is 13.2. The number of carbonyl (C=O) groups is 3. The van der Waals surface area contributed by atoms with Gasteiger partial charge in [-0.1, -0.05) is 0 Å². The van der Waals surface area contributed by atoms with Gasteiger partial charge in [-0.25, -0.2) is 4.79 Å². The van der Waals surface area contributed by atoms with Crippen molar-refractivity contribution in [2.75, 3.05) is 38.0 Å². The number of nitrogens with zero attached hydrogens (tertiary/aromatic N) is 3. The van der Waals surface area contributed by atoms with Crippen LogP contribution in [0.3, 0.4) is 0 Å². The molecule has 3 atom stereocenters. The van der Waals surface area contributed by atoms with Crippen LogP contribution in [-0.4, -0.2) is 93.7 Å². The summed E-state index contributed by atoms with van der Waals surface area (Å²) in [6.45, 7) is 1.91. The molecule has 4 amide bonds. The van der Waals surface area contributed by atoms with Gasteiger partial charge < -0.3 is 30.2 Å². The largest absolute Gasteiger partial charge is 0.417 e. The Morgan fingerprint density at radius 1 is 1.05 bits per heavy atom. The number of anilines is 1. The molecule has 222 valence electrons. The second-order valence-corrected chi connectivity index (χ2v) is 10.6. The monoisotopic (exact) mass is 580 g/mol. The smallest absolute Gasteiger partial charge is 0.391 e. The Bertz CT molecular complexity index is 1160. The van der Waals surface area contributed by atoms with Crippen molar-refractivity contribution in [2.45, 2.75) is 63.2 Å². The van der Waals surface area contributed by atoms with Crippen molar-refractivity contribution < 1.29 is 50.9 Å². The molecule has 0 unspecified atom stereocenters. The van der Waals surface area contributed by atoms with E-state index in [1.165, 1.54) is 16.7 Å². The molecular weight excluding hydrogens is 550 g/mol. The number of benzene rings is 1. The van der Waals surface area contributed by atoms with Gasteiger partial charge in [0.25, 0.3) is 5.91 Å². The number of halogens is 6. The number of nitrogens with one attached hydrogen (secondary N) is 1. The van der Waals surface area contributed by atoms with Gasteiger partial charge in [0.05, 0.1) is 17.2 Å². The van der Waals surface area contributed by atoms with Crippen LogP contribution in [0.25, 0.3) is 0 Å².